The fourth-order valence-corrected chi connectivity index (χ4v) is 4.43. The highest BCUT2D eigenvalue weighted by molar-refractivity contribution is 6.08. The summed E-state index contributed by atoms with van der Waals surface area (Å²) in [5, 5.41) is 11.4. The summed E-state index contributed by atoms with van der Waals surface area (Å²) in [6.07, 6.45) is 0.842. The molecule has 0 radical (unpaired) electrons. The highest BCUT2D eigenvalue weighted by Gasteiger charge is 2.36. The molecule has 3 aromatic carbocycles. The van der Waals surface area contributed by atoms with Crippen LogP contribution in [0.3, 0.4) is 0 Å². The van der Waals surface area contributed by atoms with Gasteiger partial charge in [0.25, 0.3) is 0 Å². The van der Waals surface area contributed by atoms with Crippen LogP contribution >= 0.6 is 0 Å². The molecule has 8 nitrogen and oxygen atoms in total. The summed E-state index contributed by atoms with van der Waals surface area (Å²) in [5.74, 6) is -0.958. The molecule has 0 fully saturated rings. The Bertz CT molecular complexity index is 1470. The van der Waals surface area contributed by atoms with Gasteiger partial charge in [0.15, 0.2) is 5.78 Å². The zero-order valence-corrected chi connectivity index (χ0v) is 22.4. The van der Waals surface area contributed by atoms with E-state index in [1.54, 1.807) is 24.3 Å². The van der Waals surface area contributed by atoms with E-state index in [1.165, 1.54) is 16.5 Å². The molecule has 0 saturated heterocycles. The van der Waals surface area contributed by atoms with Gasteiger partial charge in [-0.05, 0) is 69.5 Å². The molecule has 0 unspecified atom stereocenters. The summed E-state index contributed by atoms with van der Waals surface area (Å²) >= 11 is 0. The van der Waals surface area contributed by atoms with Crippen molar-refractivity contribution in [3.8, 4) is 0 Å². The zero-order valence-electron chi connectivity index (χ0n) is 22.4. The maximum absolute atomic E-state index is 14.2. The number of hydrogen-bond acceptors (Lipinski definition) is 5. The smallest absolute Gasteiger partial charge is 0.249 e. The van der Waals surface area contributed by atoms with E-state index < -0.39 is 17.5 Å². The normalized spacial score (nSPS) is 12.2. The van der Waals surface area contributed by atoms with Gasteiger partial charge in [-0.15, -0.1) is 5.10 Å². The molecule has 1 aromatic heterocycles. The van der Waals surface area contributed by atoms with Crippen molar-refractivity contribution in [2.75, 3.05) is 4.90 Å². The highest BCUT2D eigenvalue weighted by atomic mass is 16.2. The standard InChI is InChI=1S/C30H33N5O3/c1-6-21-15-17-22(18-16-21)28(29(38)31-30(3,4)5)35(25-13-9-7-11-23(25)20(2)36)27(37)19-34-26-14-10-8-12-24(26)32-33-34/h7-18,28H,6,19H2,1-5H3,(H,31,38)/t28-/m0/s1. The molecule has 0 saturated carbocycles. The van der Waals surface area contributed by atoms with Crippen LogP contribution in [0.4, 0.5) is 5.69 Å². The van der Waals surface area contributed by atoms with E-state index in [0.717, 1.165) is 12.0 Å². The third-order valence-corrected chi connectivity index (χ3v) is 6.23. The van der Waals surface area contributed by atoms with Gasteiger partial charge in [0.1, 0.15) is 18.1 Å². The van der Waals surface area contributed by atoms with E-state index in [9.17, 15) is 14.4 Å². The summed E-state index contributed by atoms with van der Waals surface area (Å²) < 4.78 is 1.51. The van der Waals surface area contributed by atoms with Crippen LogP contribution in [-0.4, -0.2) is 38.1 Å². The van der Waals surface area contributed by atoms with Crippen molar-refractivity contribution in [1.82, 2.24) is 20.3 Å². The lowest BCUT2D eigenvalue weighted by molar-refractivity contribution is -0.128. The molecule has 4 aromatic rings. The van der Waals surface area contributed by atoms with Crippen LogP contribution in [0.1, 0.15) is 62.1 Å². The second-order valence-electron chi connectivity index (χ2n) is 10.3. The Labute approximate surface area is 222 Å². The van der Waals surface area contributed by atoms with E-state index in [0.29, 0.717) is 27.8 Å². The molecule has 1 heterocycles. The minimum Gasteiger partial charge on any atom is -0.349 e. The number of nitrogens with one attached hydrogen (secondary N) is 1. The van der Waals surface area contributed by atoms with Crippen LogP contribution in [0.25, 0.3) is 11.0 Å². The van der Waals surface area contributed by atoms with Gasteiger partial charge in [-0.1, -0.05) is 60.7 Å². The summed E-state index contributed by atoms with van der Waals surface area (Å²) in [7, 11) is 0. The lowest BCUT2D eigenvalue weighted by Gasteiger charge is -2.34. The Hall–Kier alpha value is -4.33. The van der Waals surface area contributed by atoms with Crippen molar-refractivity contribution in [3.63, 3.8) is 0 Å². The van der Waals surface area contributed by atoms with Gasteiger partial charge in [0.05, 0.1) is 11.2 Å². The highest BCUT2D eigenvalue weighted by Crippen LogP contribution is 2.32. The number of aromatic nitrogens is 3. The quantitative estimate of drug-likeness (QED) is 0.340. The molecule has 2 amide bonds. The summed E-state index contributed by atoms with van der Waals surface area (Å²) in [4.78, 5) is 42.2. The molecule has 4 rings (SSSR count). The number of rotatable bonds is 8. The SMILES string of the molecule is CCc1ccc([C@@H](C(=O)NC(C)(C)C)N(C(=O)Cn2nnc3ccccc32)c2ccccc2C(C)=O)cc1. The number of amides is 2. The first-order valence-electron chi connectivity index (χ1n) is 12.7. The van der Waals surface area contributed by atoms with Gasteiger partial charge in [-0.25, -0.2) is 4.68 Å². The van der Waals surface area contributed by atoms with Crippen LogP contribution in [-0.2, 0) is 22.6 Å². The van der Waals surface area contributed by atoms with Gasteiger partial charge in [0, 0.05) is 11.1 Å². The predicted molar refractivity (Wildman–Crippen MR) is 148 cm³/mol. The average molecular weight is 512 g/mol. The molecule has 0 bridgehead atoms. The van der Waals surface area contributed by atoms with Gasteiger partial charge >= 0.3 is 0 Å². The molecule has 1 N–H and O–H groups in total. The number of para-hydroxylation sites is 2. The largest absolute Gasteiger partial charge is 0.349 e. The molecule has 1 atom stereocenters. The Morgan fingerprint density at radius 2 is 1.61 bits per heavy atom. The molecule has 8 heteroatoms. The second-order valence-corrected chi connectivity index (χ2v) is 10.3. The molecule has 0 aliphatic rings. The molecule has 196 valence electrons. The summed E-state index contributed by atoms with van der Waals surface area (Å²) in [5.41, 5.74) is 3.28. The molecular weight excluding hydrogens is 478 g/mol. The fraction of sp³-hybridized carbons (Fsp3) is 0.300. The van der Waals surface area contributed by atoms with Crippen LogP contribution in [0.2, 0.25) is 0 Å². The third kappa shape index (κ3) is 5.80. The van der Waals surface area contributed by atoms with E-state index in [2.05, 4.69) is 22.6 Å². The van der Waals surface area contributed by atoms with E-state index in [-0.39, 0.29) is 18.2 Å². The van der Waals surface area contributed by atoms with Crippen molar-refractivity contribution in [2.45, 2.75) is 59.2 Å². The van der Waals surface area contributed by atoms with Crippen LogP contribution in [0.5, 0.6) is 0 Å². The van der Waals surface area contributed by atoms with Crippen LogP contribution in [0.15, 0.2) is 72.8 Å². The lowest BCUT2D eigenvalue weighted by atomic mass is 9.97. The molecule has 0 aliphatic heterocycles. The maximum atomic E-state index is 14.2. The Morgan fingerprint density at radius 3 is 2.26 bits per heavy atom. The number of ketones is 1. The molecular formula is C30H33N5O3. The van der Waals surface area contributed by atoms with Crippen molar-refractivity contribution in [3.05, 3.63) is 89.5 Å². The number of aryl methyl sites for hydroxylation is 1. The monoisotopic (exact) mass is 511 g/mol. The lowest BCUT2D eigenvalue weighted by Crippen LogP contribution is -2.50. The number of fused-ring (bicyclic) bond motifs is 1. The van der Waals surface area contributed by atoms with Crippen molar-refractivity contribution >= 4 is 34.3 Å². The Kier molecular flexibility index (Phi) is 7.71. The number of benzene rings is 3. The zero-order chi connectivity index (χ0) is 27.4. The third-order valence-electron chi connectivity index (χ3n) is 6.23. The van der Waals surface area contributed by atoms with Gasteiger partial charge < -0.3 is 5.32 Å². The minimum absolute atomic E-state index is 0.168. The topological polar surface area (TPSA) is 97.2 Å². The molecule has 0 aliphatic carbocycles. The summed E-state index contributed by atoms with van der Waals surface area (Å²) in [6.45, 7) is 9.00. The average Bonchev–Trinajstić information content (AvgIpc) is 3.28. The number of Topliss-reactive ketones (excluding diaryl/α,β-unsaturated/α-hetero) is 1. The fourth-order valence-electron chi connectivity index (χ4n) is 4.43. The molecule has 38 heavy (non-hydrogen) atoms. The van der Waals surface area contributed by atoms with E-state index in [1.807, 2.05) is 69.3 Å². The van der Waals surface area contributed by atoms with Crippen LogP contribution in [0, 0.1) is 0 Å². The second kappa shape index (κ2) is 11.0. The van der Waals surface area contributed by atoms with Crippen LogP contribution < -0.4 is 10.2 Å². The first-order valence-corrected chi connectivity index (χ1v) is 12.7. The summed E-state index contributed by atoms with van der Waals surface area (Å²) in [6, 6.07) is 20.9. The first kappa shape index (κ1) is 26.7. The number of carbonyl (C=O) groups excluding carboxylic acids is 3. The minimum atomic E-state index is -1.03. The van der Waals surface area contributed by atoms with Crippen molar-refractivity contribution in [2.24, 2.45) is 0 Å². The molecule has 0 spiro atoms. The van der Waals surface area contributed by atoms with Crippen molar-refractivity contribution in [1.29, 1.82) is 0 Å². The Balaban J connectivity index is 1.89. The van der Waals surface area contributed by atoms with Crippen molar-refractivity contribution < 1.29 is 14.4 Å². The maximum Gasteiger partial charge on any atom is 0.249 e. The van der Waals surface area contributed by atoms with Gasteiger partial charge in [-0.2, -0.15) is 0 Å². The number of carbonyl (C=O) groups is 3. The van der Waals surface area contributed by atoms with E-state index in [4.69, 9.17) is 0 Å². The number of anilines is 1. The number of nitrogens with zero attached hydrogens (tertiary/aromatic N) is 4. The predicted octanol–water partition coefficient (Wildman–Crippen LogP) is 4.89. The van der Waals surface area contributed by atoms with E-state index >= 15 is 0 Å². The number of hydrogen-bond donors (Lipinski definition) is 1. The van der Waals surface area contributed by atoms with Gasteiger partial charge in [-0.3, -0.25) is 19.3 Å². The van der Waals surface area contributed by atoms with Gasteiger partial charge in [0.2, 0.25) is 11.8 Å². The first-order chi connectivity index (χ1) is 18.1. The Morgan fingerprint density at radius 1 is 0.947 bits per heavy atom.